The first-order chi connectivity index (χ1) is 14.1. The molecule has 3 aliphatic rings. The number of thiazole rings is 1. The summed E-state index contributed by atoms with van der Waals surface area (Å²) in [7, 11) is 0. The summed E-state index contributed by atoms with van der Waals surface area (Å²) in [6.45, 7) is 6.39. The number of alkyl halides is 3. The number of aryl methyl sites for hydroxylation is 1. The van der Waals surface area contributed by atoms with E-state index in [-0.39, 0.29) is 17.9 Å². The Labute approximate surface area is 176 Å². The molecule has 3 atom stereocenters. The fourth-order valence-corrected chi connectivity index (χ4v) is 4.66. The molecular weight excluding hydrogens is 423 g/mol. The monoisotopic (exact) mass is 449 g/mol. The second-order valence-corrected chi connectivity index (χ2v) is 8.95. The number of piperidine rings is 1. The Morgan fingerprint density at radius 3 is 2.60 bits per heavy atom. The number of hydrogen-bond donors (Lipinski definition) is 2. The highest BCUT2D eigenvalue weighted by molar-refractivity contribution is 7.09. The zero-order chi connectivity index (χ0) is 21.9. The highest BCUT2D eigenvalue weighted by atomic mass is 32.1. The van der Waals surface area contributed by atoms with E-state index in [4.69, 9.17) is 14.6 Å². The minimum atomic E-state index is -5.08. The van der Waals surface area contributed by atoms with Crippen LogP contribution in [0.2, 0.25) is 0 Å². The Bertz CT molecular complexity index is 754. The molecule has 3 fully saturated rings. The lowest BCUT2D eigenvalue weighted by molar-refractivity contribution is -0.192. The molecule has 0 unspecified atom stereocenters. The van der Waals surface area contributed by atoms with Gasteiger partial charge in [0.15, 0.2) is 0 Å². The summed E-state index contributed by atoms with van der Waals surface area (Å²) < 4.78 is 37.7. The lowest BCUT2D eigenvalue weighted by atomic mass is 9.82. The molecular formula is C19H26F3N3O4S. The minimum absolute atomic E-state index is 0.0724. The molecule has 30 heavy (non-hydrogen) atoms. The number of amides is 1. The molecule has 11 heteroatoms. The second kappa shape index (κ2) is 9.61. The van der Waals surface area contributed by atoms with E-state index in [0.717, 1.165) is 50.8 Å². The fraction of sp³-hybridized carbons (Fsp3) is 0.737. The average Bonchev–Trinajstić information content (AvgIpc) is 3.24. The van der Waals surface area contributed by atoms with E-state index in [0.29, 0.717) is 5.92 Å². The lowest BCUT2D eigenvalue weighted by Crippen LogP contribution is -2.52. The van der Waals surface area contributed by atoms with Crippen molar-refractivity contribution in [3.8, 4) is 0 Å². The van der Waals surface area contributed by atoms with Gasteiger partial charge in [0.05, 0.1) is 23.2 Å². The number of aromatic nitrogens is 1. The summed E-state index contributed by atoms with van der Waals surface area (Å²) in [4.78, 5) is 29.6. The van der Waals surface area contributed by atoms with Crippen LogP contribution in [0.25, 0.3) is 0 Å². The van der Waals surface area contributed by atoms with Crippen LogP contribution in [0, 0.1) is 24.7 Å². The molecule has 2 aliphatic heterocycles. The molecule has 1 aromatic rings. The van der Waals surface area contributed by atoms with Crippen LogP contribution in [0.4, 0.5) is 13.2 Å². The Morgan fingerprint density at radius 2 is 2.03 bits per heavy atom. The number of carbonyl (C=O) groups excluding carboxylic acids is 1. The normalized spacial score (nSPS) is 26.5. The van der Waals surface area contributed by atoms with Crippen molar-refractivity contribution in [2.45, 2.75) is 45.0 Å². The van der Waals surface area contributed by atoms with Crippen molar-refractivity contribution in [1.82, 2.24) is 15.2 Å². The number of rotatable bonds is 5. The van der Waals surface area contributed by atoms with Crippen molar-refractivity contribution in [1.29, 1.82) is 0 Å². The van der Waals surface area contributed by atoms with Gasteiger partial charge in [0, 0.05) is 43.6 Å². The molecule has 0 aromatic carbocycles. The van der Waals surface area contributed by atoms with E-state index in [1.807, 2.05) is 5.51 Å². The van der Waals surface area contributed by atoms with Crippen LogP contribution in [0.5, 0.6) is 0 Å². The zero-order valence-electron chi connectivity index (χ0n) is 16.7. The van der Waals surface area contributed by atoms with Crippen LogP contribution < -0.4 is 5.32 Å². The summed E-state index contributed by atoms with van der Waals surface area (Å²) in [5.74, 6) is -1.32. The molecule has 168 valence electrons. The van der Waals surface area contributed by atoms with E-state index in [9.17, 15) is 18.0 Å². The number of fused-ring (bicyclic) bond motifs is 1. The van der Waals surface area contributed by atoms with E-state index in [2.05, 4.69) is 22.1 Å². The van der Waals surface area contributed by atoms with Gasteiger partial charge in [-0.2, -0.15) is 13.2 Å². The maximum atomic E-state index is 12.7. The van der Waals surface area contributed by atoms with Gasteiger partial charge < -0.3 is 15.2 Å². The molecule has 3 heterocycles. The average molecular weight is 449 g/mol. The number of halogens is 3. The topological polar surface area (TPSA) is 91.8 Å². The molecule has 2 saturated heterocycles. The highest BCUT2D eigenvalue weighted by Gasteiger charge is 2.44. The Kier molecular flexibility index (Phi) is 7.35. The first-order valence-corrected chi connectivity index (χ1v) is 10.8. The summed E-state index contributed by atoms with van der Waals surface area (Å²) in [5.41, 5.74) is 3.02. The molecule has 4 rings (SSSR count). The molecule has 0 spiro atoms. The third-order valence-electron chi connectivity index (χ3n) is 5.72. The largest absolute Gasteiger partial charge is 0.490 e. The number of carboxylic acid groups (broad SMARTS) is 1. The van der Waals surface area contributed by atoms with Gasteiger partial charge in [-0.25, -0.2) is 9.78 Å². The zero-order valence-corrected chi connectivity index (χ0v) is 17.5. The van der Waals surface area contributed by atoms with Gasteiger partial charge >= 0.3 is 12.1 Å². The van der Waals surface area contributed by atoms with Crippen LogP contribution in [0.15, 0.2) is 5.51 Å². The van der Waals surface area contributed by atoms with Crippen molar-refractivity contribution >= 4 is 23.2 Å². The summed E-state index contributed by atoms with van der Waals surface area (Å²) in [5, 5.41) is 10.3. The third-order valence-corrected chi connectivity index (χ3v) is 6.64. The predicted molar refractivity (Wildman–Crippen MR) is 103 cm³/mol. The number of nitrogens with zero attached hydrogens (tertiary/aromatic N) is 2. The van der Waals surface area contributed by atoms with Crippen LogP contribution in [-0.4, -0.2) is 65.4 Å². The Balaban J connectivity index is 0.000000318. The smallest absolute Gasteiger partial charge is 0.475 e. The van der Waals surface area contributed by atoms with E-state index < -0.39 is 12.1 Å². The summed E-state index contributed by atoms with van der Waals surface area (Å²) >= 11 is 1.71. The number of nitrogens with one attached hydrogen (secondary N) is 1. The van der Waals surface area contributed by atoms with Gasteiger partial charge in [0.2, 0.25) is 5.91 Å². The summed E-state index contributed by atoms with van der Waals surface area (Å²) in [6, 6.07) is 0. The Hall–Kier alpha value is -1.72. The van der Waals surface area contributed by atoms with E-state index >= 15 is 0 Å². The number of aliphatic carboxylic acids is 1. The maximum Gasteiger partial charge on any atom is 0.490 e. The standard InChI is InChI=1S/C17H25N3O2S.C2HF3O2/c1-11-16(23-10-19-11)9-20-7-14(13-4-5-22-15(13)8-20)17(21)18-6-12-2-3-12;3-2(4,5)1(6)7/h10,12-15H,2-9H2,1H3,(H,18,21);(H,6,7)/t13-,14-,15+;/m0./s1. The fourth-order valence-electron chi connectivity index (χ4n) is 3.84. The van der Waals surface area contributed by atoms with Crippen LogP contribution in [-0.2, 0) is 20.9 Å². The van der Waals surface area contributed by atoms with Crippen molar-refractivity contribution in [3.63, 3.8) is 0 Å². The van der Waals surface area contributed by atoms with Crippen LogP contribution in [0.1, 0.15) is 29.8 Å². The van der Waals surface area contributed by atoms with Gasteiger partial charge in [-0.15, -0.1) is 11.3 Å². The number of ether oxygens (including phenoxy) is 1. The highest BCUT2D eigenvalue weighted by Crippen LogP contribution is 2.35. The van der Waals surface area contributed by atoms with Gasteiger partial charge in [-0.05, 0) is 32.1 Å². The lowest BCUT2D eigenvalue weighted by Gasteiger charge is -2.39. The first kappa shape index (κ1) is 23.0. The molecule has 1 amide bonds. The molecule has 0 bridgehead atoms. The number of carbonyl (C=O) groups is 2. The quantitative estimate of drug-likeness (QED) is 0.718. The number of hydrogen-bond acceptors (Lipinski definition) is 6. The third kappa shape index (κ3) is 6.14. The van der Waals surface area contributed by atoms with E-state index in [1.165, 1.54) is 17.7 Å². The Morgan fingerprint density at radius 1 is 1.33 bits per heavy atom. The van der Waals surface area contributed by atoms with Gasteiger partial charge in [0.25, 0.3) is 0 Å². The second-order valence-electron chi connectivity index (χ2n) is 8.01. The SMILES string of the molecule is Cc1ncsc1CN1C[C@H](C(=O)NCC2CC2)[C@@H]2CCO[C@@H]2C1.O=C(O)C(F)(F)F. The summed E-state index contributed by atoms with van der Waals surface area (Å²) in [6.07, 6.45) is -1.29. The number of likely N-dealkylation sites (tertiary alicyclic amines) is 1. The van der Waals surface area contributed by atoms with Crippen molar-refractivity contribution in [2.24, 2.45) is 17.8 Å². The van der Waals surface area contributed by atoms with Gasteiger partial charge in [0.1, 0.15) is 0 Å². The van der Waals surface area contributed by atoms with E-state index in [1.54, 1.807) is 11.3 Å². The van der Waals surface area contributed by atoms with Gasteiger partial charge in [-0.1, -0.05) is 0 Å². The predicted octanol–water partition coefficient (Wildman–Crippen LogP) is 2.45. The van der Waals surface area contributed by atoms with Crippen molar-refractivity contribution in [3.05, 3.63) is 16.1 Å². The van der Waals surface area contributed by atoms with Crippen molar-refractivity contribution < 1.29 is 32.6 Å². The molecule has 1 aromatic heterocycles. The molecule has 0 radical (unpaired) electrons. The van der Waals surface area contributed by atoms with Crippen molar-refractivity contribution in [2.75, 3.05) is 26.2 Å². The first-order valence-electron chi connectivity index (χ1n) is 9.96. The van der Waals surface area contributed by atoms with Crippen LogP contribution in [0.3, 0.4) is 0 Å². The molecule has 7 nitrogen and oxygen atoms in total. The molecule has 1 aliphatic carbocycles. The molecule has 2 N–H and O–H groups in total. The van der Waals surface area contributed by atoms with Crippen LogP contribution >= 0.6 is 11.3 Å². The number of carboxylic acids is 1. The molecule has 1 saturated carbocycles. The maximum absolute atomic E-state index is 12.7. The minimum Gasteiger partial charge on any atom is -0.475 e. The van der Waals surface area contributed by atoms with Gasteiger partial charge in [-0.3, -0.25) is 9.69 Å².